The lowest BCUT2D eigenvalue weighted by atomic mass is 10.0. The fourth-order valence-corrected chi connectivity index (χ4v) is 6.48. The number of carboxylic acid groups (broad SMARTS) is 1. The van der Waals surface area contributed by atoms with E-state index in [0.717, 1.165) is 32.1 Å². The van der Waals surface area contributed by atoms with Crippen molar-refractivity contribution in [2.24, 2.45) is 5.92 Å². The fourth-order valence-electron chi connectivity index (χ4n) is 5.41. The molecule has 0 spiro atoms. The highest BCUT2D eigenvalue weighted by Crippen LogP contribution is 2.19. The first-order valence-electron chi connectivity index (χ1n) is 18.0. The van der Waals surface area contributed by atoms with E-state index in [0.29, 0.717) is 24.3 Å². The molecule has 6 heteroatoms. The Balaban J connectivity index is 3.60. The van der Waals surface area contributed by atoms with Crippen molar-refractivity contribution in [1.82, 2.24) is 0 Å². The molecule has 0 fully saturated rings. The Morgan fingerprint density at radius 1 is 0.524 bits per heavy atom. The van der Waals surface area contributed by atoms with Gasteiger partial charge in [0.25, 0.3) is 0 Å². The Hall–Kier alpha value is -1.04. The first kappa shape index (κ1) is 41.0. The van der Waals surface area contributed by atoms with Crippen molar-refractivity contribution in [2.75, 3.05) is 11.5 Å². The van der Waals surface area contributed by atoms with E-state index >= 15 is 0 Å². The van der Waals surface area contributed by atoms with Crippen molar-refractivity contribution >= 4 is 29.7 Å². The summed E-state index contributed by atoms with van der Waals surface area (Å²) in [5.41, 5.74) is 0. The molecule has 1 N–H and O–H groups in total. The van der Waals surface area contributed by atoms with Gasteiger partial charge in [-0.15, -0.1) is 0 Å². The SMILES string of the molecule is CCCCCCCCCCCCCCCCCCC(CSCCC(=O)OC(=O)CCCCCCCCCCC)C(=O)O. The van der Waals surface area contributed by atoms with Crippen LogP contribution >= 0.6 is 11.8 Å². The molecule has 0 bridgehead atoms. The van der Waals surface area contributed by atoms with Crippen LogP contribution in [0.5, 0.6) is 0 Å². The number of ether oxygens (including phenoxy) is 1. The third kappa shape index (κ3) is 30.4. The van der Waals surface area contributed by atoms with Gasteiger partial charge in [-0.25, -0.2) is 0 Å². The minimum Gasteiger partial charge on any atom is -0.481 e. The highest BCUT2D eigenvalue weighted by atomic mass is 32.2. The van der Waals surface area contributed by atoms with Crippen LogP contribution in [-0.4, -0.2) is 34.5 Å². The molecular formula is C36H68O5S. The van der Waals surface area contributed by atoms with Gasteiger partial charge in [-0.2, -0.15) is 11.8 Å². The summed E-state index contributed by atoms with van der Waals surface area (Å²) in [5.74, 6) is -1.04. The quantitative estimate of drug-likeness (QED) is 0.0451. The highest BCUT2D eigenvalue weighted by Gasteiger charge is 2.17. The van der Waals surface area contributed by atoms with Crippen LogP contribution in [0.15, 0.2) is 0 Å². The largest absolute Gasteiger partial charge is 0.481 e. The van der Waals surface area contributed by atoms with Crippen molar-refractivity contribution in [3.8, 4) is 0 Å². The molecule has 248 valence electrons. The average molecular weight is 613 g/mol. The number of carbonyl (C=O) groups is 3. The third-order valence-corrected chi connectivity index (χ3v) is 9.37. The number of thioether (sulfide) groups is 1. The molecule has 0 saturated carbocycles. The monoisotopic (exact) mass is 612 g/mol. The van der Waals surface area contributed by atoms with Crippen LogP contribution in [0.4, 0.5) is 0 Å². The van der Waals surface area contributed by atoms with Gasteiger partial charge in [0.2, 0.25) is 0 Å². The first-order valence-corrected chi connectivity index (χ1v) is 19.2. The van der Waals surface area contributed by atoms with Gasteiger partial charge < -0.3 is 9.84 Å². The minimum absolute atomic E-state index is 0.152. The lowest BCUT2D eigenvalue weighted by molar-refractivity contribution is -0.159. The molecule has 0 amide bonds. The van der Waals surface area contributed by atoms with Crippen molar-refractivity contribution in [1.29, 1.82) is 0 Å². The van der Waals surface area contributed by atoms with Crippen LogP contribution in [0.25, 0.3) is 0 Å². The number of esters is 2. The number of hydrogen-bond acceptors (Lipinski definition) is 5. The summed E-state index contributed by atoms with van der Waals surface area (Å²) in [7, 11) is 0. The molecule has 1 atom stereocenters. The Morgan fingerprint density at radius 2 is 0.881 bits per heavy atom. The molecule has 0 rings (SSSR count). The van der Waals surface area contributed by atoms with E-state index < -0.39 is 17.9 Å². The normalized spacial score (nSPS) is 12.0. The van der Waals surface area contributed by atoms with Crippen molar-refractivity contribution in [2.45, 2.75) is 194 Å². The average Bonchev–Trinajstić information content (AvgIpc) is 2.96. The highest BCUT2D eigenvalue weighted by molar-refractivity contribution is 7.99. The molecule has 42 heavy (non-hydrogen) atoms. The van der Waals surface area contributed by atoms with Crippen LogP contribution in [0.1, 0.15) is 194 Å². The predicted octanol–water partition coefficient (Wildman–Crippen LogP) is 11.5. The molecule has 0 aromatic rings. The lowest BCUT2D eigenvalue weighted by Crippen LogP contribution is -2.17. The topological polar surface area (TPSA) is 80.7 Å². The maximum absolute atomic E-state index is 12.0. The number of carbonyl (C=O) groups excluding carboxylic acids is 2. The molecule has 0 radical (unpaired) electrons. The standard InChI is InChI=1S/C36H68O5S/c1-3-5-7-9-11-13-14-15-16-17-18-19-21-22-24-26-28-33(36(39)40)32-42-31-30-35(38)41-34(37)29-27-25-23-20-12-10-8-6-4-2/h33H,3-32H2,1-2H3,(H,39,40). The molecule has 0 saturated heterocycles. The summed E-state index contributed by atoms with van der Waals surface area (Å²) >= 11 is 1.47. The summed E-state index contributed by atoms with van der Waals surface area (Å²) in [6.45, 7) is 4.49. The van der Waals surface area contributed by atoms with E-state index in [1.165, 1.54) is 140 Å². The Kier molecular flexibility index (Phi) is 32.1. The van der Waals surface area contributed by atoms with Gasteiger partial charge in [-0.05, 0) is 12.8 Å². The van der Waals surface area contributed by atoms with Gasteiger partial charge in [0, 0.05) is 17.9 Å². The number of carboxylic acids is 1. The number of aliphatic carboxylic acids is 1. The second kappa shape index (κ2) is 32.9. The van der Waals surface area contributed by atoms with Crippen LogP contribution in [-0.2, 0) is 19.1 Å². The fraction of sp³-hybridized carbons (Fsp3) is 0.917. The van der Waals surface area contributed by atoms with Gasteiger partial charge >= 0.3 is 17.9 Å². The molecule has 0 heterocycles. The van der Waals surface area contributed by atoms with E-state index in [-0.39, 0.29) is 12.3 Å². The van der Waals surface area contributed by atoms with Gasteiger partial charge in [-0.3, -0.25) is 14.4 Å². The van der Waals surface area contributed by atoms with Gasteiger partial charge in [-0.1, -0.05) is 168 Å². The number of hydrogen-bond donors (Lipinski definition) is 1. The molecule has 0 aliphatic rings. The third-order valence-electron chi connectivity index (χ3n) is 8.24. The van der Waals surface area contributed by atoms with Crippen LogP contribution < -0.4 is 0 Å². The summed E-state index contributed by atoms with van der Waals surface area (Å²) in [6, 6.07) is 0. The molecule has 0 aromatic heterocycles. The van der Waals surface area contributed by atoms with Gasteiger partial charge in [0.1, 0.15) is 0 Å². The van der Waals surface area contributed by atoms with Crippen molar-refractivity contribution in [3.05, 3.63) is 0 Å². The van der Waals surface area contributed by atoms with E-state index in [4.69, 9.17) is 4.74 Å². The maximum atomic E-state index is 12.0. The van der Waals surface area contributed by atoms with Crippen LogP contribution in [0, 0.1) is 5.92 Å². The zero-order valence-corrected chi connectivity index (χ0v) is 28.6. The van der Waals surface area contributed by atoms with Crippen LogP contribution in [0.3, 0.4) is 0 Å². The zero-order chi connectivity index (χ0) is 30.9. The molecule has 0 aliphatic carbocycles. The van der Waals surface area contributed by atoms with E-state index in [1.807, 2.05) is 0 Å². The van der Waals surface area contributed by atoms with Crippen LogP contribution in [0.2, 0.25) is 0 Å². The maximum Gasteiger partial charge on any atom is 0.314 e. The van der Waals surface area contributed by atoms with Crippen molar-refractivity contribution in [3.63, 3.8) is 0 Å². The Bertz CT molecular complexity index is 624. The molecule has 0 aliphatic heterocycles. The van der Waals surface area contributed by atoms with Crippen molar-refractivity contribution < 1.29 is 24.2 Å². The Labute approximate surface area is 264 Å². The van der Waals surface area contributed by atoms with E-state index in [9.17, 15) is 19.5 Å². The lowest BCUT2D eigenvalue weighted by Gasteiger charge is -2.12. The predicted molar refractivity (Wildman–Crippen MR) is 180 cm³/mol. The summed E-state index contributed by atoms with van der Waals surface area (Å²) in [4.78, 5) is 35.5. The number of rotatable bonds is 33. The Morgan fingerprint density at radius 3 is 1.29 bits per heavy atom. The second-order valence-electron chi connectivity index (χ2n) is 12.4. The molecule has 1 unspecified atom stereocenters. The summed E-state index contributed by atoms with van der Waals surface area (Å²) in [5, 5.41) is 9.56. The molecular weight excluding hydrogens is 544 g/mol. The van der Waals surface area contributed by atoms with E-state index in [2.05, 4.69) is 13.8 Å². The molecule has 0 aromatic carbocycles. The second-order valence-corrected chi connectivity index (χ2v) is 13.5. The van der Waals surface area contributed by atoms with Gasteiger partial charge in [0.05, 0.1) is 12.3 Å². The zero-order valence-electron chi connectivity index (χ0n) is 27.8. The first-order chi connectivity index (χ1) is 20.5. The summed E-state index contributed by atoms with van der Waals surface area (Å²) < 4.78 is 4.93. The smallest absolute Gasteiger partial charge is 0.314 e. The van der Waals surface area contributed by atoms with E-state index in [1.54, 1.807) is 0 Å². The number of unbranched alkanes of at least 4 members (excludes halogenated alkanes) is 23. The molecule has 5 nitrogen and oxygen atoms in total. The summed E-state index contributed by atoms with van der Waals surface area (Å²) in [6.07, 6.45) is 32.8. The van der Waals surface area contributed by atoms with Gasteiger partial charge in [0.15, 0.2) is 0 Å². The minimum atomic E-state index is -0.748.